The SMILES string of the molecule is NCCCNC(=O)C1CCCCC1C(=O)N1CCCC1. The van der Waals surface area contributed by atoms with Crippen LogP contribution in [-0.2, 0) is 9.59 Å². The Balaban J connectivity index is 1.93. The van der Waals surface area contributed by atoms with Gasteiger partial charge in [0.05, 0.1) is 0 Å². The highest BCUT2D eigenvalue weighted by atomic mass is 16.2. The molecule has 1 aliphatic heterocycles. The van der Waals surface area contributed by atoms with Crippen molar-refractivity contribution in [2.24, 2.45) is 17.6 Å². The molecule has 0 radical (unpaired) electrons. The molecule has 1 saturated heterocycles. The van der Waals surface area contributed by atoms with Crippen LogP contribution in [-0.4, -0.2) is 42.9 Å². The average molecular weight is 281 g/mol. The van der Waals surface area contributed by atoms with Crippen LogP contribution in [0.3, 0.4) is 0 Å². The molecule has 2 atom stereocenters. The Kier molecular flexibility index (Phi) is 5.83. The number of nitrogens with one attached hydrogen (secondary N) is 1. The minimum Gasteiger partial charge on any atom is -0.356 e. The lowest BCUT2D eigenvalue weighted by molar-refractivity contribution is -0.142. The van der Waals surface area contributed by atoms with Gasteiger partial charge in [0.1, 0.15) is 0 Å². The minimum atomic E-state index is -0.130. The minimum absolute atomic E-state index is 0.0516. The van der Waals surface area contributed by atoms with E-state index in [-0.39, 0.29) is 23.7 Å². The third-order valence-electron chi connectivity index (χ3n) is 4.52. The van der Waals surface area contributed by atoms with Gasteiger partial charge in [0.2, 0.25) is 11.8 Å². The standard InChI is InChI=1S/C15H27N3O2/c16-8-5-9-17-14(19)12-6-1-2-7-13(12)15(20)18-10-3-4-11-18/h12-13H,1-11,16H2,(H,17,19). The predicted molar refractivity (Wildman–Crippen MR) is 77.9 cm³/mol. The Morgan fingerprint density at radius 2 is 1.70 bits per heavy atom. The van der Waals surface area contributed by atoms with Gasteiger partial charge in [0.15, 0.2) is 0 Å². The monoisotopic (exact) mass is 281 g/mol. The molecule has 114 valence electrons. The molecule has 0 aromatic carbocycles. The normalized spacial score (nSPS) is 26.6. The van der Waals surface area contributed by atoms with Gasteiger partial charge < -0.3 is 16.0 Å². The van der Waals surface area contributed by atoms with Crippen LogP contribution in [0.15, 0.2) is 0 Å². The summed E-state index contributed by atoms with van der Waals surface area (Å²) in [6.07, 6.45) is 6.83. The Morgan fingerprint density at radius 1 is 1.05 bits per heavy atom. The van der Waals surface area contributed by atoms with Crippen molar-refractivity contribution in [3.8, 4) is 0 Å². The van der Waals surface area contributed by atoms with Crippen LogP contribution in [0.2, 0.25) is 0 Å². The fourth-order valence-electron chi connectivity index (χ4n) is 3.36. The third kappa shape index (κ3) is 3.72. The molecule has 1 aliphatic carbocycles. The molecule has 2 rings (SSSR count). The fraction of sp³-hybridized carbons (Fsp3) is 0.867. The second-order valence-corrected chi connectivity index (χ2v) is 5.96. The van der Waals surface area contributed by atoms with Crippen molar-refractivity contribution in [3.63, 3.8) is 0 Å². The summed E-state index contributed by atoms with van der Waals surface area (Å²) in [6, 6.07) is 0. The molecule has 1 saturated carbocycles. The lowest BCUT2D eigenvalue weighted by Gasteiger charge is -2.32. The molecule has 1 heterocycles. The highest BCUT2D eigenvalue weighted by Crippen LogP contribution is 2.32. The summed E-state index contributed by atoms with van der Waals surface area (Å²) in [6.45, 7) is 2.95. The summed E-state index contributed by atoms with van der Waals surface area (Å²) in [4.78, 5) is 26.8. The van der Waals surface area contributed by atoms with E-state index in [2.05, 4.69) is 5.32 Å². The second-order valence-electron chi connectivity index (χ2n) is 5.96. The van der Waals surface area contributed by atoms with Crippen molar-refractivity contribution in [2.45, 2.75) is 44.9 Å². The first-order valence-corrected chi connectivity index (χ1v) is 8.00. The summed E-state index contributed by atoms with van der Waals surface area (Å²) < 4.78 is 0. The van der Waals surface area contributed by atoms with Crippen LogP contribution in [0.25, 0.3) is 0 Å². The lowest BCUT2D eigenvalue weighted by atomic mass is 9.78. The molecule has 0 aromatic rings. The van der Waals surface area contributed by atoms with Gasteiger partial charge in [-0.2, -0.15) is 0 Å². The summed E-state index contributed by atoms with van der Waals surface area (Å²) in [7, 11) is 0. The van der Waals surface area contributed by atoms with E-state index in [1.165, 1.54) is 0 Å². The van der Waals surface area contributed by atoms with Gasteiger partial charge in [-0.1, -0.05) is 12.8 Å². The lowest BCUT2D eigenvalue weighted by Crippen LogP contribution is -2.45. The van der Waals surface area contributed by atoms with Crippen molar-refractivity contribution < 1.29 is 9.59 Å². The summed E-state index contributed by atoms with van der Waals surface area (Å²) >= 11 is 0. The van der Waals surface area contributed by atoms with E-state index in [9.17, 15) is 9.59 Å². The van der Waals surface area contributed by atoms with Crippen LogP contribution < -0.4 is 11.1 Å². The zero-order valence-corrected chi connectivity index (χ0v) is 12.3. The van der Waals surface area contributed by atoms with Crippen molar-refractivity contribution in [1.82, 2.24) is 10.2 Å². The Hall–Kier alpha value is -1.10. The van der Waals surface area contributed by atoms with E-state index in [1.54, 1.807) is 0 Å². The largest absolute Gasteiger partial charge is 0.356 e. The molecule has 0 spiro atoms. The summed E-state index contributed by atoms with van der Waals surface area (Å²) in [5.74, 6) is 0.0335. The number of carbonyl (C=O) groups is 2. The van der Waals surface area contributed by atoms with Crippen LogP contribution in [0.5, 0.6) is 0 Å². The van der Waals surface area contributed by atoms with Gasteiger partial charge in [-0.3, -0.25) is 9.59 Å². The van der Waals surface area contributed by atoms with Crippen molar-refractivity contribution >= 4 is 11.8 Å². The first-order valence-electron chi connectivity index (χ1n) is 8.00. The zero-order chi connectivity index (χ0) is 14.4. The summed E-state index contributed by atoms with van der Waals surface area (Å²) in [5, 5.41) is 2.94. The first-order chi connectivity index (χ1) is 9.74. The Bertz CT molecular complexity index is 340. The number of rotatable bonds is 5. The highest BCUT2D eigenvalue weighted by Gasteiger charge is 2.38. The molecule has 2 unspecified atom stereocenters. The van der Waals surface area contributed by atoms with E-state index >= 15 is 0 Å². The molecule has 20 heavy (non-hydrogen) atoms. The van der Waals surface area contributed by atoms with E-state index < -0.39 is 0 Å². The number of likely N-dealkylation sites (tertiary alicyclic amines) is 1. The van der Waals surface area contributed by atoms with E-state index in [0.29, 0.717) is 13.1 Å². The van der Waals surface area contributed by atoms with Gasteiger partial charge in [0.25, 0.3) is 0 Å². The smallest absolute Gasteiger partial charge is 0.226 e. The maximum atomic E-state index is 12.6. The van der Waals surface area contributed by atoms with E-state index in [1.807, 2.05) is 4.90 Å². The quantitative estimate of drug-likeness (QED) is 0.735. The van der Waals surface area contributed by atoms with Crippen LogP contribution in [0, 0.1) is 11.8 Å². The number of hydrogen-bond acceptors (Lipinski definition) is 3. The summed E-state index contributed by atoms with van der Waals surface area (Å²) in [5.41, 5.74) is 5.44. The van der Waals surface area contributed by atoms with Gasteiger partial charge in [-0.05, 0) is 38.6 Å². The number of amides is 2. The highest BCUT2D eigenvalue weighted by molar-refractivity contribution is 5.88. The third-order valence-corrected chi connectivity index (χ3v) is 4.52. The van der Waals surface area contributed by atoms with E-state index in [4.69, 9.17) is 5.73 Å². The maximum absolute atomic E-state index is 12.6. The molecule has 2 amide bonds. The molecule has 5 nitrogen and oxygen atoms in total. The van der Waals surface area contributed by atoms with Gasteiger partial charge in [-0.15, -0.1) is 0 Å². The molecule has 0 bridgehead atoms. The first kappa shape index (κ1) is 15.3. The van der Waals surface area contributed by atoms with Crippen LogP contribution >= 0.6 is 0 Å². The van der Waals surface area contributed by atoms with Crippen molar-refractivity contribution in [1.29, 1.82) is 0 Å². The maximum Gasteiger partial charge on any atom is 0.226 e. The number of nitrogens with two attached hydrogens (primary N) is 1. The van der Waals surface area contributed by atoms with Crippen molar-refractivity contribution in [3.05, 3.63) is 0 Å². The average Bonchev–Trinajstić information content (AvgIpc) is 3.01. The van der Waals surface area contributed by atoms with Crippen LogP contribution in [0.4, 0.5) is 0 Å². The van der Waals surface area contributed by atoms with Gasteiger partial charge >= 0.3 is 0 Å². The number of hydrogen-bond donors (Lipinski definition) is 2. The molecule has 2 fully saturated rings. The Labute approximate surface area is 121 Å². The molecular weight excluding hydrogens is 254 g/mol. The molecule has 5 heteroatoms. The Morgan fingerprint density at radius 3 is 2.35 bits per heavy atom. The predicted octanol–water partition coefficient (Wildman–Crippen LogP) is 0.880. The van der Waals surface area contributed by atoms with E-state index in [0.717, 1.165) is 58.0 Å². The molecule has 2 aliphatic rings. The molecule has 3 N–H and O–H groups in total. The van der Waals surface area contributed by atoms with Gasteiger partial charge in [0, 0.05) is 31.5 Å². The number of nitrogens with zero attached hydrogens (tertiary/aromatic N) is 1. The molecular formula is C15H27N3O2. The number of carbonyl (C=O) groups excluding carboxylic acids is 2. The van der Waals surface area contributed by atoms with Gasteiger partial charge in [-0.25, -0.2) is 0 Å². The zero-order valence-electron chi connectivity index (χ0n) is 12.3. The van der Waals surface area contributed by atoms with Crippen molar-refractivity contribution in [2.75, 3.05) is 26.2 Å². The topological polar surface area (TPSA) is 75.4 Å². The fourth-order valence-corrected chi connectivity index (χ4v) is 3.36. The molecule has 0 aromatic heterocycles. The van der Waals surface area contributed by atoms with Crippen LogP contribution in [0.1, 0.15) is 44.9 Å². The second kappa shape index (κ2) is 7.62.